The van der Waals surface area contributed by atoms with Crippen molar-refractivity contribution in [3.8, 4) is 16.9 Å². The highest BCUT2D eigenvalue weighted by atomic mass is 32.1. The Bertz CT molecular complexity index is 3270. The second kappa shape index (κ2) is 18.7. The topological polar surface area (TPSA) is 201 Å². The molecule has 3 fully saturated rings. The Labute approximate surface area is 413 Å². The summed E-state index contributed by atoms with van der Waals surface area (Å²) in [6, 6.07) is 28.5. The Morgan fingerprint density at radius 3 is 2.56 bits per heavy atom. The molecular weight excluding hydrogens is 919 g/mol. The lowest BCUT2D eigenvalue weighted by atomic mass is 9.90. The van der Waals surface area contributed by atoms with Gasteiger partial charge in [-0.05, 0) is 147 Å². The van der Waals surface area contributed by atoms with Crippen LogP contribution in [0.15, 0.2) is 91.0 Å². The number of hydrogen-bond donors (Lipinski definition) is 4. The summed E-state index contributed by atoms with van der Waals surface area (Å²) in [5.74, 6) is -0.760. The quantitative estimate of drug-likeness (QED) is 0.0811. The number of nitrogens with one attached hydrogen (secondary N) is 3. The van der Waals surface area contributed by atoms with E-state index in [0.717, 1.165) is 82.1 Å². The number of ether oxygens (including phenoxy) is 1. The van der Waals surface area contributed by atoms with Crippen LogP contribution in [0.5, 0.6) is 5.75 Å². The van der Waals surface area contributed by atoms with E-state index in [0.29, 0.717) is 84.2 Å². The fraction of sp³-hybridized carbons (Fsp3) is 0.333. The number of carboxylic acid groups (broad SMARTS) is 1. The summed E-state index contributed by atoms with van der Waals surface area (Å²) in [7, 11) is 1.81. The van der Waals surface area contributed by atoms with Gasteiger partial charge in [-0.15, -0.1) is 0 Å². The molecule has 3 aliphatic heterocycles. The molecule has 362 valence electrons. The monoisotopic (exact) mass is 971 g/mol. The molecule has 16 nitrogen and oxygen atoms in total. The molecule has 3 aromatic heterocycles. The van der Waals surface area contributed by atoms with Gasteiger partial charge in [-0.3, -0.25) is 39.4 Å². The first-order chi connectivity index (χ1) is 34.4. The van der Waals surface area contributed by atoms with Crippen LogP contribution in [-0.2, 0) is 34.4 Å². The van der Waals surface area contributed by atoms with Gasteiger partial charge in [-0.2, -0.15) is 5.10 Å². The number of aromatic nitrogens is 4. The van der Waals surface area contributed by atoms with E-state index >= 15 is 0 Å². The van der Waals surface area contributed by atoms with Crippen molar-refractivity contribution in [3.05, 3.63) is 125 Å². The molecule has 2 saturated heterocycles. The van der Waals surface area contributed by atoms with Gasteiger partial charge in [0, 0.05) is 48.8 Å². The van der Waals surface area contributed by atoms with Crippen LogP contribution < -0.4 is 25.6 Å². The van der Waals surface area contributed by atoms with E-state index in [1.54, 1.807) is 4.68 Å². The smallest absolute Gasteiger partial charge is 0.355 e. The first-order valence-corrected chi connectivity index (χ1v) is 25.0. The van der Waals surface area contributed by atoms with E-state index < -0.39 is 11.9 Å². The lowest BCUT2D eigenvalue weighted by molar-refractivity contribution is -0.134. The molecule has 2 atom stereocenters. The van der Waals surface area contributed by atoms with Crippen LogP contribution >= 0.6 is 11.3 Å². The van der Waals surface area contributed by atoms with Gasteiger partial charge in [0.15, 0.2) is 10.8 Å². The van der Waals surface area contributed by atoms with E-state index in [-0.39, 0.29) is 41.2 Å². The first kappa shape index (κ1) is 45.9. The number of carbonyl (C=O) groups excluding carboxylic acids is 4. The predicted molar refractivity (Wildman–Crippen MR) is 271 cm³/mol. The van der Waals surface area contributed by atoms with E-state index in [9.17, 15) is 29.1 Å². The minimum absolute atomic E-state index is 0.0487. The Kier molecular flexibility index (Phi) is 12.1. The van der Waals surface area contributed by atoms with E-state index in [1.165, 1.54) is 11.3 Å². The van der Waals surface area contributed by atoms with Crippen LogP contribution in [0.2, 0.25) is 0 Å². The summed E-state index contributed by atoms with van der Waals surface area (Å²) in [4.78, 5) is 77.5. The number of imide groups is 1. The van der Waals surface area contributed by atoms with Gasteiger partial charge >= 0.3 is 5.97 Å². The van der Waals surface area contributed by atoms with Crippen LogP contribution in [0.3, 0.4) is 0 Å². The number of hydrogen-bond acceptors (Lipinski definition) is 12. The molecule has 0 bridgehead atoms. The lowest BCUT2D eigenvalue weighted by Crippen LogP contribution is -2.40. The third kappa shape index (κ3) is 9.11. The number of pyridine rings is 1. The maximum atomic E-state index is 13.6. The van der Waals surface area contributed by atoms with E-state index in [4.69, 9.17) is 9.72 Å². The van der Waals surface area contributed by atoms with Crippen LogP contribution in [0.25, 0.3) is 32.2 Å². The lowest BCUT2D eigenvalue weighted by Gasteiger charge is -2.32. The standard InChI is InChI=1S/C54H53N9O7S/c1-31-35(36-15-17-45(57-49(36)52(68)69)63-23-19-32-7-5-9-37(40(32)29-63)50(66)59-53-56-41-10-3-4-12-44(41)71-53)8-6-11-43(31)70-26-20-33-28-54(33)21-24-62(25-22-54)30-47(65)55-34-13-14-38-42(27-34)61(2)60-48(38)39-16-18-46(64)58-51(39)67/h3-15,17,27,33,39H,16,18-26,28-30H2,1-2H3,(H,55,65)(H,68,69)(H,56,59,66)(H,58,64,67)/t33-,39?/m0/s1. The zero-order valence-electron chi connectivity index (χ0n) is 39.5. The number of anilines is 3. The summed E-state index contributed by atoms with van der Waals surface area (Å²) in [6.45, 7) is 5.49. The second-order valence-corrected chi connectivity index (χ2v) is 20.4. The van der Waals surface area contributed by atoms with Crippen molar-refractivity contribution in [2.75, 3.05) is 48.3 Å². The Balaban J connectivity index is 0.679. The summed E-state index contributed by atoms with van der Waals surface area (Å²) in [5, 5.41) is 24.9. The molecule has 7 aromatic rings. The van der Waals surface area contributed by atoms with Crippen molar-refractivity contribution in [2.45, 2.75) is 64.3 Å². The largest absolute Gasteiger partial charge is 0.493 e. The summed E-state index contributed by atoms with van der Waals surface area (Å²) in [5.41, 5.74) is 7.75. The molecule has 4 aromatic carbocycles. The molecule has 0 radical (unpaired) electrons. The summed E-state index contributed by atoms with van der Waals surface area (Å²) < 4.78 is 9.12. The fourth-order valence-electron chi connectivity index (χ4n) is 11.0. The average molecular weight is 972 g/mol. The molecule has 1 aliphatic carbocycles. The summed E-state index contributed by atoms with van der Waals surface area (Å²) in [6.07, 6.45) is 5.47. The molecule has 4 aliphatic rings. The molecule has 1 saturated carbocycles. The van der Waals surface area contributed by atoms with Crippen molar-refractivity contribution in [3.63, 3.8) is 0 Å². The normalized spacial score (nSPS) is 18.6. The molecule has 4 amide bonds. The van der Waals surface area contributed by atoms with Gasteiger partial charge in [0.2, 0.25) is 17.7 Å². The van der Waals surface area contributed by atoms with Gasteiger partial charge in [-0.1, -0.05) is 47.7 Å². The van der Waals surface area contributed by atoms with Crippen molar-refractivity contribution < 1.29 is 33.8 Å². The fourth-order valence-corrected chi connectivity index (χ4v) is 11.9. The molecular formula is C54H53N9O7S. The number of aryl methyl sites for hydroxylation is 1. The number of carbonyl (C=O) groups is 5. The van der Waals surface area contributed by atoms with Crippen molar-refractivity contribution >= 4 is 78.7 Å². The minimum Gasteiger partial charge on any atom is -0.493 e. The first-order valence-electron chi connectivity index (χ1n) is 24.2. The van der Waals surface area contributed by atoms with E-state index in [2.05, 4.69) is 30.9 Å². The van der Waals surface area contributed by atoms with Gasteiger partial charge in [0.25, 0.3) is 5.91 Å². The molecule has 1 unspecified atom stereocenters. The number of thiazole rings is 1. The van der Waals surface area contributed by atoms with Crippen LogP contribution in [-0.4, -0.2) is 92.1 Å². The average Bonchev–Trinajstić information content (AvgIpc) is 3.68. The SMILES string of the molecule is Cc1c(OCC[C@H]2CC23CCN(CC(=O)Nc2ccc4c(C5CCC(=O)NC5=O)nn(C)c4c2)CC3)cccc1-c1ccc(N2CCc3cccc(C(=O)Nc4nc5ccccc5s4)c3C2)nc1C(=O)O. The Morgan fingerprint density at radius 2 is 1.75 bits per heavy atom. The number of likely N-dealkylation sites (tertiary alicyclic amines) is 1. The highest BCUT2D eigenvalue weighted by Gasteiger charge is 2.54. The Hall–Kier alpha value is -7.50. The number of benzene rings is 4. The van der Waals surface area contributed by atoms with Crippen LogP contribution in [0, 0.1) is 18.3 Å². The maximum Gasteiger partial charge on any atom is 0.355 e. The van der Waals surface area contributed by atoms with Gasteiger partial charge in [0.1, 0.15) is 11.6 Å². The number of rotatable bonds is 13. The molecule has 6 heterocycles. The number of amides is 4. The third-order valence-corrected chi connectivity index (χ3v) is 16.0. The molecule has 11 rings (SSSR count). The highest BCUT2D eigenvalue weighted by Crippen LogP contribution is 2.61. The highest BCUT2D eigenvalue weighted by molar-refractivity contribution is 7.22. The zero-order chi connectivity index (χ0) is 49.0. The van der Waals surface area contributed by atoms with Crippen LogP contribution in [0.4, 0.5) is 16.6 Å². The third-order valence-electron chi connectivity index (χ3n) is 15.0. The number of nitrogens with zero attached hydrogens (tertiary/aromatic N) is 6. The number of fused-ring (bicyclic) bond motifs is 3. The van der Waals surface area contributed by atoms with Gasteiger partial charge in [-0.25, -0.2) is 14.8 Å². The van der Waals surface area contributed by atoms with Crippen LogP contribution in [0.1, 0.15) is 87.7 Å². The number of aromatic carboxylic acids is 1. The van der Waals surface area contributed by atoms with Gasteiger partial charge < -0.3 is 20.1 Å². The van der Waals surface area contributed by atoms with Gasteiger partial charge in [0.05, 0.1) is 40.5 Å². The maximum absolute atomic E-state index is 13.6. The van der Waals surface area contributed by atoms with Crippen molar-refractivity contribution in [1.82, 2.24) is 30.0 Å². The van der Waals surface area contributed by atoms with Crippen molar-refractivity contribution in [1.29, 1.82) is 0 Å². The molecule has 1 spiro atoms. The number of carboxylic acids is 1. The molecule has 71 heavy (non-hydrogen) atoms. The predicted octanol–water partition coefficient (Wildman–Crippen LogP) is 8.10. The Morgan fingerprint density at radius 1 is 0.915 bits per heavy atom. The number of para-hydroxylation sites is 1. The summed E-state index contributed by atoms with van der Waals surface area (Å²) >= 11 is 1.43. The number of piperidine rings is 2. The molecule has 4 N–H and O–H groups in total. The minimum atomic E-state index is -1.13. The van der Waals surface area contributed by atoms with E-state index in [1.807, 2.05) is 110 Å². The molecule has 17 heteroatoms. The van der Waals surface area contributed by atoms with Crippen molar-refractivity contribution in [2.24, 2.45) is 18.4 Å². The second-order valence-electron chi connectivity index (χ2n) is 19.3. The zero-order valence-corrected chi connectivity index (χ0v) is 40.3.